The second kappa shape index (κ2) is 4.47. The molecule has 1 unspecified atom stereocenters. The van der Waals surface area contributed by atoms with Gasteiger partial charge in [0, 0.05) is 17.0 Å². The smallest absolute Gasteiger partial charge is 0.117 e. The molecule has 1 aliphatic carbocycles. The molecule has 0 spiro atoms. The average molecular weight is 237 g/mol. The molecule has 0 bridgehead atoms. The zero-order valence-corrected chi connectivity index (χ0v) is 9.54. The molecule has 0 radical (unpaired) electrons. The molecule has 84 valence electrons. The van der Waals surface area contributed by atoms with Crippen molar-refractivity contribution in [1.82, 2.24) is 0 Å². The molecule has 0 heterocycles. The fourth-order valence-corrected chi connectivity index (χ4v) is 1.68. The van der Waals surface area contributed by atoms with Gasteiger partial charge in [0.25, 0.3) is 0 Å². The van der Waals surface area contributed by atoms with Crippen LogP contribution in [0.15, 0.2) is 24.3 Å². The standard InChI is InChI=1S/C13H13ClO2/c14-11-3-1-2-10(8-11)4-5-12(15)9-13(16)6-7-13/h1-3,8,12,15-16H,6-7,9H2. The second-order valence-corrected chi connectivity index (χ2v) is 4.66. The SMILES string of the molecule is OC(C#Cc1cccc(Cl)c1)CC1(O)CC1. The van der Waals surface area contributed by atoms with Crippen molar-refractivity contribution < 1.29 is 10.2 Å². The first-order valence-corrected chi connectivity index (χ1v) is 5.63. The van der Waals surface area contributed by atoms with Gasteiger partial charge in [-0.3, -0.25) is 0 Å². The molecule has 3 heteroatoms. The lowest BCUT2D eigenvalue weighted by atomic mass is 10.1. The molecule has 2 nitrogen and oxygen atoms in total. The van der Waals surface area contributed by atoms with Gasteiger partial charge in [-0.1, -0.05) is 29.5 Å². The van der Waals surface area contributed by atoms with E-state index in [1.165, 1.54) is 0 Å². The number of benzene rings is 1. The van der Waals surface area contributed by atoms with Crippen molar-refractivity contribution in [3.63, 3.8) is 0 Å². The van der Waals surface area contributed by atoms with Crippen LogP contribution in [-0.4, -0.2) is 21.9 Å². The molecule has 2 rings (SSSR count). The van der Waals surface area contributed by atoms with Crippen molar-refractivity contribution in [2.24, 2.45) is 0 Å². The van der Waals surface area contributed by atoms with E-state index in [-0.39, 0.29) is 0 Å². The zero-order valence-electron chi connectivity index (χ0n) is 8.78. The van der Waals surface area contributed by atoms with E-state index in [9.17, 15) is 10.2 Å². The molecule has 1 saturated carbocycles. The van der Waals surface area contributed by atoms with Crippen molar-refractivity contribution in [2.45, 2.75) is 31.0 Å². The molecule has 16 heavy (non-hydrogen) atoms. The molecule has 1 aliphatic rings. The number of hydrogen-bond acceptors (Lipinski definition) is 2. The quantitative estimate of drug-likeness (QED) is 0.771. The van der Waals surface area contributed by atoms with Crippen LogP contribution < -0.4 is 0 Å². The predicted molar refractivity (Wildman–Crippen MR) is 63.1 cm³/mol. The number of rotatable bonds is 2. The summed E-state index contributed by atoms with van der Waals surface area (Å²) in [5, 5.41) is 19.8. The highest BCUT2D eigenvalue weighted by atomic mass is 35.5. The largest absolute Gasteiger partial charge is 0.390 e. The number of halogens is 1. The van der Waals surface area contributed by atoms with Gasteiger partial charge in [-0.25, -0.2) is 0 Å². The Bertz CT molecular complexity index is 441. The van der Waals surface area contributed by atoms with Crippen LogP contribution in [0.3, 0.4) is 0 Å². The summed E-state index contributed by atoms with van der Waals surface area (Å²) >= 11 is 5.81. The van der Waals surface area contributed by atoms with Gasteiger partial charge in [0.2, 0.25) is 0 Å². The average Bonchev–Trinajstić information content (AvgIpc) is 2.93. The Morgan fingerprint density at radius 2 is 2.19 bits per heavy atom. The van der Waals surface area contributed by atoms with Crippen LogP contribution in [0.1, 0.15) is 24.8 Å². The van der Waals surface area contributed by atoms with Gasteiger partial charge < -0.3 is 10.2 Å². The highest BCUT2D eigenvalue weighted by molar-refractivity contribution is 6.30. The summed E-state index contributed by atoms with van der Waals surface area (Å²) in [6.45, 7) is 0. The van der Waals surface area contributed by atoms with Crippen molar-refractivity contribution in [3.05, 3.63) is 34.9 Å². The van der Waals surface area contributed by atoms with E-state index in [0.717, 1.165) is 18.4 Å². The maximum atomic E-state index is 9.59. The lowest BCUT2D eigenvalue weighted by molar-refractivity contribution is 0.0891. The van der Waals surface area contributed by atoms with Crippen LogP contribution in [0.5, 0.6) is 0 Å². The third-order valence-corrected chi connectivity index (χ3v) is 2.84. The Hall–Kier alpha value is -1.01. The predicted octanol–water partition coefficient (Wildman–Crippen LogP) is 1.97. The maximum Gasteiger partial charge on any atom is 0.117 e. The van der Waals surface area contributed by atoms with Gasteiger partial charge in [0.1, 0.15) is 6.10 Å². The first-order chi connectivity index (χ1) is 7.57. The topological polar surface area (TPSA) is 40.5 Å². The maximum absolute atomic E-state index is 9.59. The summed E-state index contributed by atoms with van der Waals surface area (Å²) in [5.41, 5.74) is 0.108. The molecule has 0 amide bonds. The van der Waals surface area contributed by atoms with Crippen LogP contribution in [-0.2, 0) is 0 Å². The molecular formula is C13H13ClO2. The van der Waals surface area contributed by atoms with Crippen molar-refractivity contribution in [3.8, 4) is 11.8 Å². The van der Waals surface area contributed by atoms with E-state index in [2.05, 4.69) is 11.8 Å². The number of aliphatic hydroxyl groups excluding tert-OH is 1. The minimum atomic E-state index is -0.772. The van der Waals surface area contributed by atoms with E-state index < -0.39 is 11.7 Å². The summed E-state index contributed by atoms with van der Waals surface area (Å²) < 4.78 is 0. The molecule has 0 aliphatic heterocycles. The summed E-state index contributed by atoms with van der Waals surface area (Å²) in [6, 6.07) is 7.16. The van der Waals surface area contributed by atoms with E-state index in [4.69, 9.17) is 11.6 Å². The second-order valence-electron chi connectivity index (χ2n) is 4.22. The highest BCUT2D eigenvalue weighted by Crippen LogP contribution is 2.39. The number of hydrogen-bond donors (Lipinski definition) is 2. The van der Waals surface area contributed by atoms with Gasteiger partial charge >= 0.3 is 0 Å². The first kappa shape index (κ1) is 11.5. The molecular weight excluding hydrogens is 224 g/mol. The minimum absolute atomic E-state index is 0.334. The molecule has 1 aromatic rings. The van der Waals surface area contributed by atoms with E-state index in [1.54, 1.807) is 12.1 Å². The summed E-state index contributed by atoms with van der Waals surface area (Å²) in [7, 11) is 0. The van der Waals surface area contributed by atoms with Crippen molar-refractivity contribution >= 4 is 11.6 Å². The van der Waals surface area contributed by atoms with Crippen LogP contribution in [0.25, 0.3) is 0 Å². The van der Waals surface area contributed by atoms with Crippen molar-refractivity contribution in [1.29, 1.82) is 0 Å². The van der Waals surface area contributed by atoms with E-state index >= 15 is 0 Å². The fourth-order valence-electron chi connectivity index (χ4n) is 1.49. The fraction of sp³-hybridized carbons (Fsp3) is 0.385. The van der Waals surface area contributed by atoms with Crippen LogP contribution in [0.2, 0.25) is 5.02 Å². The molecule has 0 saturated heterocycles. The molecule has 0 aromatic heterocycles. The van der Waals surface area contributed by atoms with Crippen LogP contribution in [0, 0.1) is 11.8 Å². The van der Waals surface area contributed by atoms with Gasteiger partial charge in [0.05, 0.1) is 5.60 Å². The third kappa shape index (κ3) is 3.24. The van der Waals surface area contributed by atoms with E-state index in [1.807, 2.05) is 12.1 Å². The van der Waals surface area contributed by atoms with Gasteiger partial charge in [-0.2, -0.15) is 0 Å². The van der Waals surface area contributed by atoms with Crippen LogP contribution >= 0.6 is 11.6 Å². The third-order valence-electron chi connectivity index (χ3n) is 2.61. The molecule has 2 N–H and O–H groups in total. The molecule has 1 atom stereocenters. The Morgan fingerprint density at radius 1 is 1.44 bits per heavy atom. The summed E-state index contributed by atoms with van der Waals surface area (Å²) in [4.78, 5) is 0. The van der Waals surface area contributed by atoms with Gasteiger partial charge in [-0.05, 0) is 31.0 Å². The monoisotopic (exact) mass is 236 g/mol. The van der Waals surface area contributed by atoms with Gasteiger partial charge in [0.15, 0.2) is 0 Å². The first-order valence-electron chi connectivity index (χ1n) is 5.25. The summed E-state index contributed by atoms with van der Waals surface area (Å²) in [5.74, 6) is 5.55. The highest BCUT2D eigenvalue weighted by Gasteiger charge is 2.41. The molecule has 1 aromatic carbocycles. The number of aliphatic hydroxyl groups is 2. The van der Waals surface area contributed by atoms with E-state index in [0.29, 0.717) is 11.4 Å². The zero-order chi connectivity index (χ0) is 11.6. The lowest BCUT2D eigenvalue weighted by Crippen LogP contribution is -2.16. The van der Waals surface area contributed by atoms with Gasteiger partial charge in [-0.15, -0.1) is 0 Å². The normalized spacial score (nSPS) is 18.4. The Kier molecular flexibility index (Phi) is 3.20. The lowest BCUT2D eigenvalue weighted by Gasteiger charge is -2.08. The van der Waals surface area contributed by atoms with Crippen molar-refractivity contribution in [2.75, 3.05) is 0 Å². The Labute approximate surface area is 99.9 Å². The Balaban J connectivity index is 1.98. The Morgan fingerprint density at radius 3 is 2.81 bits per heavy atom. The molecule has 1 fully saturated rings. The summed E-state index contributed by atoms with van der Waals surface area (Å²) in [6.07, 6.45) is 1.10. The van der Waals surface area contributed by atoms with Crippen LogP contribution in [0.4, 0.5) is 0 Å². The minimum Gasteiger partial charge on any atom is -0.390 e.